The van der Waals surface area contributed by atoms with E-state index in [1.807, 2.05) is 0 Å². The van der Waals surface area contributed by atoms with E-state index in [1.165, 1.54) is 25.2 Å². The average molecular weight is 451 g/mol. The third-order valence-corrected chi connectivity index (χ3v) is 8.83. The maximum Gasteiger partial charge on any atom is 0.377 e. The molecule has 7 nitrogen and oxygen atoms in total. The number of fused-ring (bicyclic) bond motifs is 5. The van der Waals surface area contributed by atoms with E-state index in [4.69, 9.17) is 4.74 Å². The number of halogens is 1. The second-order valence-electron chi connectivity index (χ2n) is 10.2. The Kier molecular flexibility index (Phi) is 5.31. The minimum atomic E-state index is -2.49. The molecule has 0 amide bonds. The Bertz CT molecular complexity index is 927. The van der Waals surface area contributed by atoms with Gasteiger partial charge in [0, 0.05) is 16.7 Å². The number of esters is 1. The maximum absolute atomic E-state index is 17.0. The molecular weight excluding hydrogens is 419 g/mol. The predicted molar refractivity (Wildman–Crippen MR) is 111 cm³/mol. The van der Waals surface area contributed by atoms with Gasteiger partial charge in [-0.25, -0.2) is 9.18 Å². The summed E-state index contributed by atoms with van der Waals surface area (Å²) in [4.78, 5) is 37.2. The lowest BCUT2D eigenvalue weighted by molar-refractivity contribution is -0.222. The smallest absolute Gasteiger partial charge is 0.377 e. The SMILES string of the molecule is CCCOC(=O)C(=O)[C@@]1(O)[C@H](O)C[C@H]2[C@@H]3CCC4=CC(=O)C=C[C@]4(C)[C@@]3(F)[C@@H](O)C[C@@]21C. The summed E-state index contributed by atoms with van der Waals surface area (Å²) in [5, 5.41) is 33.5. The van der Waals surface area contributed by atoms with Crippen molar-refractivity contribution in [2.45, 2.75) is 76.4 Å². The van der Waals surface area contributed by atoms with Crippen molar-refractivity contribution >= 4 is 17.5 Å². The topological polar surface area (TPSA) is 121 Å². The lowest BCUT2D eigenvalue weighted by Gasteiger charge is -2.62. The van der Waals surface area contributed by atoms with Gasteiger partial charge in [0.1, 0.15) is 0 Å². The molecular formula is C24H31FO7. The van der Waals surface area contributed by atoms with Gasteiger partial charge in [0.2, 0.25) is 0 Å². The number of allylic oxidation sites excluding steroid dienone is 4. The van der Waals surface area contributed by atoms with Crippen LogP contribution in [0, 0.1) is 22.7 Å². The number of ketones is 2. The number of hydrogen-bond donors (Lipinski definition) is 3. The molecule has 0 spiro atoms. The minimum Gasteiger partial charge on any atom is -0.460 e. The molecule has 0 radical (unpaired) electrons. The summed E-state index contributed by atoms with van der Waals surface area (Å²) < 4.78 is 21.9. The lowest BCUT2D eigenvalue weighted by Crippen LogP contribution is -2.70. The molecule has 0 heterocycles. The van der Waals surface area contributed by atoms with Crippen LogP contribution < -0.4 is 0 Å². The van der Waals surface area contributed by atoms with Gasteiger partial charge in [-0.1, -0.05) is 25.5 Å². The standard InChI is InChI=1S/C24H31FO7/c1-4-9-32-20(30)19(29)24(31)17(27)11-16-15-6-5-13-10-14(26)7-8-21(13,2)23(15,25)18(28)12-22(16,24)3/h7-8,10,15-18,27-28,31H,4-6,9,11-12H2,1-3H3/t15-,16-,17+,18-,21-,22-,23-,24-/m0/s1. The average Bonchev–Trinajstić information content (AvgIpc) is 2.94. The van der Waals surface area contributed by atoms with Crippen LogP contribution in [0.25, 0.3) is 0 Å². The predicted octanol–water partition coefficient (Wildman–Crippen LogP) is 1.58. The molecule has 0 aromatic heterocycles. The van der Waals surface area contributed by atoms with E-state index in [-0.39, 0.29) is 31.7 Å². The quantitative estimate of drug-likeness (QED) is 0.439. The molecule has 4 aliphatic carbocycles. The summed E-state index contributed by atoms with van der Waals surface area (Å²) in [6, 6.07) is 0. The van der Waals surface area contributed by atoms with Crippen LogP contribution in [0.5, 0.6) is 0 Å². The van der Waals surface area contributed by atoms with E-state index in [2.05, 4.69) is 0 Å². The number of alkyl halides is 1. The van der Waals surface area contributed by atoms with Crippen LogP contribution >= 0.6 is 0 Å². The summed E-state index contributed by atoms with van der Waals surface area (Å²) in [7, 11) is 0. The molecule has 3 N–H and O–H groups in total. The molecule has 3 fully saturated rings. The second kappa shape index (κ2) is 7.30. The highest BCUT2D eigenvalue weighted by atomic mass is 19.1. The van der Waals surface area contributed by atoms with Crippen LogP contribution in [0.15, 0.2) is 23.8 Å². The number of aliphatic hydroxyl groups excluding tert-OH is 2. The van der Waals surface area contributed by atoms with Crippen molar-refractivity contribution in [1.82, 2.24) is 0 Å². The molecule has 8 heteroatoms. The van der Waals surface area contributed by atoms with Gasteiger partial charge in [0.25, 0.3) is 5.78 Å². The van der Waals surface area contributed by atoms with Crippen LogP contribution in [0.1, 0.15) is 52.9 Å². The zero-order chi connectivity index (χ0) is 23.7. The fourth-order valence-corrected chi connectivity index (χ4v) is 7.05. The Hall–Kier alpha value is -1.90. The van der Waals surface area contributed by atoms with E-state index < -0.39 is 57.9 Å². The second-order valence-corrected chi connectivity index (χ2v) is 10.2. The van der Waals surface area contributed by atoms with Crippen molar-refractivity contribution in [3.8, 4) is 0 Å². The normalized spacial score (nSPS) is 47.2. The lowest BCUT2D eigenvalue weighted by atomic mass is 9.44. The van der Waals surface area contributed by atoms with Crippen LogP contribution in [0.2, 0.25) is 0 Å². The van der Waals surface area contributed by atoms with Crippen molar-refractivity contribution < 1.29 is 38.8 Å². The highest BCUT2D eigenvalue weighted by Crippen LogP contribution is 2.69. The van der Waals surface area contributed by atoms with Crippen molar-refractivity contribution in [2.75, 3.05) is 6.61 Å². The molecule has 32 heavy (non-hydrogen) atoms. The van der Waals surface area contributed by atoms with Gasteiger partial charge in [0.15, 0.2) is 17.1 Å². The number of hydrogen-bond acceptors (Lipinski definition) is 7. The van der Waals surface area contributed by atoms with E-state index in [9.17, 15) is 29.7 Å². The van der Waals surface area contributed by atoms with Crippen LogP contribution in [-0.2, 0) is 19.1 Å². The maximum atomic E-state index is 17.0. The summed E-state index contributed by atoms with van der Waals surface area (Å²) in [6.07, 6.45) is 1.83. The number of carbonyl (C=O) groups excluding carboxylic acids is 3. The molecule has 4 rings (SSSR count). The summed E-state index contributed by atoms with van der Waals surface area (Å²) in [5.74, 6) is -4.18. The minimum absolute atomic E-state index is 0.00570. The molecule has 0 saturated heterocycles. The molecule has 0 aliphatic heterocycles. The Balaban J connectivity index is 1.76. The van der Waals surface area contributed by atoms with Crippen LogP contribution in [-0.4, -0.2) is 62.9 Å². The van der Waals surface area contributed by atoms with E-state index in [1.54, 1.807) is 13.8 Å². The first-order valence-electron chi connectivity index (χ1n) is 11.3. The highest BCUT2D eigenvalue weighted by molar-refractivity contribution is 6.37. The fourth-order valence-electron chi connectivity index (χ4n) is 7.05. The number of carbonyl (C=O) groups is 3. The molecule has 0 unspecified atom stereocenters. The Morgan fingerprint density at radius 3 is 2.56 bits per heavy atom. The third-order valence-electron chi connectivity index (χ3n) is 8.83. The van der Waals surface area contributed by atoms with E-state index in [0.717, 1.165) is 0 Å². The molecule has 3 saturated carbocycles. The van der Waals surface area contributed by atoms with Crippen molar-refractivity contribution in [3.05, 3.63) is 23.8 Å². The summed E-state index contributed by atoms with van der Waals surface area (Å²) in [5.41, 5.74) is -6.69. The van der Waals surface area contributed by atoms with Gasteiger partial charge < -0.3 is 20.1 Å². The van der Waals surface area contributed by atoms with Gasteiger partial charge in [-0.2, -0.15) is 0 Å². The van der Waals surface area contributed by atoms with Crippen molar-refractivity contribution in [3.63, 3.8) is 0 Å². The fraction of sp³-hybridized carbons (Fsp3) is 0.708. The first kappa shape index (κ1) is 23.3. The zero-order valence-electron chi connectivity index (χ0n) is 18.6. The highest BCUT2D eigenvalue weighted by Gasteiger charge is 2.77. The third kappa shape index (κ3) is 2.66. The van der Waals surface area contributed by atoms with Gasteiger partial charge in [-0.05, 0) is 57.1 Å². The van der Waals surface area contributed by atoms with Gasteiger partial charge in [-0.3, -0.25) is 9.59 Å². The molecule has 0 aromatic carbocycles. The summed E-state index contributed by atoms with van der Waals surface area (Å²) in [6.45, 7) is 4.95. The Morgan fingerprint density at radius 1 is 1.22 bits per heavy atom. The first-order valence-corrected chi connectivity index (χ1v) is 11.3. The van der Waals surface area contributed by atoms with Gasteiger partial charge >= 0.3 is 5.97 Å². The Labute approximate surface area is 186 Å². The van der Waals surface area contributed by atoms with E-state index in [0.29, 0.717) is 18.4 Å². The number of ether oxygens (including phenoxy) is 1. The largest absolute Gasteiger partial charge is 0.460 e. The summed E-state index contributed by atoms with van der Waals surface area (Å²) >= 11 is 0. The zero-order valence-corrected chi connectivity index (χ0v) is 18.6. The van der Waals surface area contributed by atoms with Crippen molar-refractivity contribution in [1.29, 1.82) is 0 Å². The van der Waals surface area contributed by atoms with Crippen LogP contribution in [0.3, 0.4) is 0 Å². The molecule has 0 bridgehead atoms. The van der Waals surface area contributed by atoms with Crippen LogP contribution in [0.4, 0.5) is 4.39 Å². The molecule has 4 aliphatic rings. The molecule has 0 aromatic rings. The monoisotopic (exact) mass is 450 g/mol. The Morgan fingerprint density at radius 2 is 1.91 bits per heavy atom. The number of aliphatic hydroxyl groups is 3. The van der Waals surface area contributed by atoms with Gasteiger partial charge in [-0.15, -0.1) is 0 Å². The molecule has 8 atom stereocenters. The number of Topliss-reactive ketones (excluding diaryl/α,β-unsaturated/α-hetero) is 1. The molecule has 176 valence electrons. The number of rotatable bonds is 4. The van der Waals surface area contributed by atoms with E-state index >= 15 is 4.39 Å². The van der Waals surface area contributed by atoms with Gasteiger partial charge in [0.05, 0.1) is 18.8 Å². The first-order chi connectivity index (χ1) is 14.9. The van der Waals surface area contributed by atoms with Crippen molar-refractivity contribution in [2.24, 2.45) is 22.7 Å².